The summed E-state index contributed by atoms with van der Waals surface area (Å²) in [5.74, 6) is -0.558. The summed E-state index contributed by atoms with van der Waals surface area (Å²) < 4.78 is 17.9. The van der Waals surface area contributed by atoms with E-state index < -0.39 is 48.9 Å². The van der Waals surface area contributed by atoms with Gasteiger partial charge in [0.05, 0.1) is 6.10 Å². The van der Waals surface area contributed by atoms with Crippen LogP contribution in [0.5, 0.6) is 11.5 Å². The summed E-state index contributed by atoms with van der Waals surface area (Å²) in [6, 6.07) is 3.98. The van der Waals surface area contributed by atoms with Gasteiger partial charge in [-0.3, -0.25) is 0 Å². The van der Waals surface area contributed by atoms with Crippen molar-refractivity contribution in [2.75, 3.05) is 13.6 Å². The lowest BCUT2D eigenvalue weighted by atomic mass is 9.51. The van der Waals surface area contributed by atoms with Crippen molar-refractivity contribution in [3.63, 3.8) is 0 Å². The van der Waals surface area contributed by atoms with E-state index in [4.69, 9.17) is 14.2 Å². The number of carboxylic acid groups (broad SMARTS) is 1. The Hall–Kier alpha value is -1.95. The van der Waals surface area contributed by atoms with Crippen LogP contribution >= 0.6 is 0 Å². The second-order valence-electron chi connectivity index (χ2n) is 10.1. The van der Waals surface area contributed by atoms with E-state index in [-0.39, 0.29) is 11.2 Å². The van der Waals surface area contributed by atoms with E-state index in [1.807, 2.05) is 6.07 Å². The van der Waals surface area contributed by atoms with E-state index in [9.17, 15) is 30.3 Å². The van der Waals surface area contributed by atoms with Gasteiger partial charge in [-0.2, -0.15) is 0 Å². The molecule has 5 N–H and O–H groups in total. The molecule has 2 aliphatic carbocycles. The Morgan fingerprint density at radius 3 is 2.73 bits per heavy atom. The summed E-state index contributed by atoms with van der Waals surface area (Å²) >= 11 is 0. The molecule has 6 rings (SSSR count). The molecule has 10 heteroatoms. The lowest BCUT2D eigenvalue weighted by molar-refractivity contribution is -0.315. The zero-order valence-corrected chi connectivity index (χ0v) is 18.2. The Bertz CT molecular complexity index is 987. The number of nitrogens with zero attached hydrogens (tertiary/aromatic N) is 1. The van der Waals surface area contributed by atoms with Crippen molar-refractivity contribution in [2.24, 2.45) is 5.92 Å². The Balaban J connectivity index is 1.36. The van der Waals surface area contributed by atoms with Crippen LogP contribution in [-0.4, -0.2) is 98.9 Å². The van der Waals surface area contributed by atoms with Crippen molar-refractivity contribution in [3.8, 4) is 11.5 Å². The van der Waals surface area contributed by atoms with E-state index in [1.54, 1.807) is 6.07 Å². The van der Waals surface area contributed by atoms with E-state index in [1.165, 1.54) is 0 Å². The second kappa shape index (κ2) is 7.27. The molecule has 1 spiro atoms. The predicted octanol–water partition coefficient (Wildman–Crippen LogP) is -0.661. The number of rotatable bonds is 3. The number of aliphatic hydroxyl groups is 3. The lowest BCUT2D eigenvalue weighted by Crippen LogP contribution is -2.67. The van der Waals surface area contributed by atoms with Gasteiger partial charge >= 0.3 is 5.97 Å². The smallest absolute Gasteiger partial charge is 0.335 e. The van der Waals surface area contributed by atoms with Gasteiger partial charge in [-0.05, 0) is 56.8 Å². The van der Waals surface area contributed by atoms with Crippen molar-refractivity contribution < 1.29 is 44.5 Å². The van der Waals surface area contributed by atoms with Crippen LogP contribution in [0, 0.1) is 5.92 Å². The fourth-order valence-corrected chi connectivity index (χ4v) is 7.17. The average Bonchev–Trinajstić information content (AvgIpc) is 3.14. The van der Waals surface area contributed by atoms with Crippen LogP contribution in [0.1, 0.15) is 30.4 Å². The number of aliphatic carboxylic acids is 1. The zero-order valence-electron chi connectivity index (χ0n) is 18.2. The average molecular weight is 463 g/mol. The van der Waals surface area contributed by atoms with Crippen LogP contribution in [0.3, 0.4) is 0 Å². The molecule has 3 aliphatic heterocycles. The van der Waals surface area contributed by atoms with Crippen molar-refractivity contribution in [1.29, 1.82) is 0 Å². The van der Waals surface area contributed by atoms with Gasteiger partial charge in [0.25, 0.3) is 0 Å². The maximum absolute atomic E-state index is 11.5. The minimum Gasteiger partial charge on any atom is -0.504 e. The van der Waals surface area contributed by atoms with E-state index >= 15 is 0 Å². The number of hydrogen-bond acceptors (Lipinski definition) is 9. The molecule has 5 aliphatic rings. The van der Waals surface area contributed by atoms with Crippen LogP contribution in [0.4, 0.5) is 0 Å². The molecule has 0 amide bonds. The van der Waals surface area contributed by atoms with Gasteiger partial charge in [0.15, 0.2) is 23.9 Å². The Kier molecular flexibility index (Phi) is 4.75. The number of phenols is 1. The third-order valence-corrected chi connectivity index (χ3v) is 8.66. The number of phenolic OH excluding ortho intramolecular Hbond substituents is 1. The molecule has 10 nitrogen and oxygen atoms in total. The molecule has 1 aromatic rings. The Labute approximate surface area is 190 Å². The molecular weight excluding hydrogens is 434 g/mol. The summed E-state index contributed by atoms with van der Waals surface area (Å²) in [5.41, 5.74) is 1.86. The van der Waals surface area contributed by atoms with Crippen molar-refractivity contribution in [2.45, 2.75) is 80.1 Å². The molecule has 2 saturated heterocycles. The van der Waals surface area contributed by atoms with E-state index in [0.717, 1.165) is 36.9 Å². The first-order chi connectivity index (χ1) is 15.7. The van der Waals surface area contributed by atoms with Gasteiger partial charge in [0.1, 0.15) is 24.4 Å². The molecule has 3 fully saturated rings. The standard InChI is InChI=1S/C23H29NO9/c1-24-7-6-23-10-3-5-13(31-22-17(28)15(26)16(27)19(33-22)21(29)30)20(23)32-18-12(25)4-2-9(14(18)23)8-11(10)24/h2,4,10-11,13,15-17,19-20,22,25-28H,3,5-8H2,1H3,(H,29,30)/t10-,11+,13-,15-,16-,17+,19-,20-,22?,23-/m0/s1. The van der Waals surface area contributed by atoms with Crippen molar-refractivity contribution in [1.82, 2.24) is 4.90 Å². The van der Waals surface area contributed by atoms with Crippen LogP contribution in [0.15, 0.2) is 12.1 Å². The SMILES string of the molecule is CN1CC[C@]23c4c5ccc(O)c4O[C@H]2[C@@H](OC2O[C@H](C(=O)O)[C@@H](O)[C@H](O)[C@H]2O)CC[C@H]3[C@H]1C5. The molecule has 33 heavy (non-hydrogen) atoms. The van der Waals surface area contributed by atoms with Gasteiger partial charge in [0.2, 0.25) is 0 Å². The van der Waals surface area contributed by atoms with Crippen LogP contribution in [0.25, 0.3) is 0 Å². The first-order valence-corrected chi connectivity index (χ1v) is 11.5. The molecule has 2 bridgehead atoms. The van der Waals surface area contributed by atoms with Gasteiger partial charge in [-0.1, -0.05) is 6.07 Å². The van der Waals surface area contributed by atoms with Gasteiger partial charge in [-0.25, -0.2) is 4.79 Å². The highest BCUT2D eigenvalue weighted by atomic mass is 16.7. The third kappa shape index (κ3) is 2.79. The van der Waals surface area contributed by atoms with Crippen molar-refractivity contribution >= 4 is 5.97 Å². The van der Waals surface area contributed by atoms with Gasteiger partial charge < -0.3 is 44.6 Å². The molecular formula is C23H29NO9. The minimum absolute atomic E-state index is 0.0887. The summed E-state index contributed by atoms with van der Waals surface area (Å²) in [4.78, 5) is 13.9. The number of aromatic hydroxyl groups is 1. The molecule has 1 aromatic carbocycles. The van der Waals surface area contributed by atoms with Crippen molar-refractivity contribution in [3.05, 3.63) is 23.3 Å². The lowest BCUT2D eigenvalue weighted by Gasteiger charge is -2.59. The van der Waals surface area contributed by atoms with E-state index in [2.05, 4.69) is 11.9 Å². The highest BCUT2D eigenvalue weighted by Gasteiger charge is 2.66. The fourth-order valence-electron chi connectivity index (χ4n) is 7.17. The number of benzene rings is 1. The van der Waals surface area contributed by atoms with Crippen LogP contribution < -0.4 is 4.74 Å². The highest BCUT2D eigenvalue weighted by Crippen LogP contribution is 2.64. The number of likely N-dealkylation sites (tertiary alicyclic amines) is 1. The van der Waals surface area contributed by atoms with Crippen LogP contribution in [0.2, 0.25) is 0 Å². The number of hydrogen-bond donors (Lipinski definition) is 5. The normalized spacial score (nSPS) is 45.9. The van der Waals surface area contributed by atoms with Crippen LogP contribution in [-0.2, 0) is 26.1 Å². The molecule has 180 valence electrons. The topological polar surface area (TPSA) is 149 Å². The van der Waals surface area contributed by atoms with E-state index in [0.29, 0.717) is 24.1 Å². The molecule has 0 aromatic heterocycles. The first kappa shape index (κ1) is 21.6. The summed E-state index contributed by atoms with van der Waals surface area (Å²) in [7, 11) is 2.14. The largest absolute Gasteiger partial charge is 0.504 e. The number of ether oxygens (including phenoxy) is 3. The molecule has 3 heterocycles. The number of carbonyl (C=O) groups is 1. The maximum atomic E-state index is 11.5. The zero-order chi connectivity index (χ0) is 23.2. The number of likely N-dealkylation sites (N-methyl/N-ethyl adjacent to an activating group) is 1. The molecule has 10 atom stereocenters. The third-order valence-electron chi connectivity index (χ3n) is 8.66. The first-order valence-electron chi connectivity index (χ1n) is 11.5. The monoisotopic (exact) mass is 463 g/mol. The Morgan fingerprint density at radius 1 is 1.18 bits per heavy atom. The predicted molar refractivity (Wildman–Crippen MR) is 111 cm³/mol. The number of carboxylic acids is 1. The molecule has 1 unspecified atom stereocenters. The highest BCUT2D eigenvalue weighted by molar-refractivity contribution is 5.73. The summed E-state index contributed by atoms with van der Waals surface area (Å²) in [6.45, 7) is 0.872. The quantitative estimate of drug-likeness (QED) is 0.391. The molecule has 1 saturated carbocycles. The summed E-state index contributed by atoms with van der Waals surface area (Å²) in [5, 5.41) is 50.6. The maximum Gasteiger partial charge on any atom is 0.335 e. The molecule has 0 radical (unpaired) electrons. The second-order valence-corrected chi connectivity index (χ2v) is 10.1. The Morgan fingerprint density at radius 2 is 1.97 bits per heavy atom. The number of aliphatic hydroxyl groups excluding tert-OH is 3. The number of piperidine rings is 1. The fraction of sp³-hybridized carbons (Fsp3) is 0.696. The minimum atomic E-state index is -1.77. The summed E-state index contributed by atoms with van der Waals surface area (Å²) in [6.07, 6.45) is -6.12. The van der Waals surface area contributed by atoms with Gasteiger partial charge in [0, 0.05) is 17.0 Å². The van der Waals surface area contributed by atoms with Gasteiger partial charge in [-0.15, -0.1) is 0 Å².